The highest BCUT2D eigenvalue weighted by atomic mass is 31.1. The first-order valence-electron chi connectivity index (χ1n) is 5.25. The second-order valence-corrected chi connectivity index (χ2v) is 9.63. The Labute approximate surface area is 87.4 Å². The zero-order valence-corrected chi connectivity index (χ0v) is 12.0. The highest BCUT2D eigenvalue weighted by Gasteiger charge is 2.27. The van der Waals surface area contributed by atoms with Crippen molar-refractivity contribution in [2.45, 2.75) is 26.7 Å². The molecule has 0 aliphatic rings. The van der Waals surface area contributed by atoms with Gasteiger partial charge in [0.2, 0.25) is 0 Å². The van der Waals surface area contributed by atoms with Crippen molar-refractivity contribution in [1.82, 2.24) is 0 Å². The molecule has 2 heteroatoms. The van der Waals surface area contributed by atoms with E-state index in [4.69, 9.17) is 0 Å². The molecule has 0 atom stereocenters. The summed E-state index contributed by atoms with van der Waals surface area (Å²) >= 11 is 0. The number of hydrogen-bond acceptors (Lipinski definition) is 0. The van der Waals surface area contributed by atoms with Crippen LogP contribution >= 0.6 is 15.8 Å². The van der Waals surface area contributed by atoms with Crippen LogP contribution in [0, 0.1) is 5.41 Å². The van der Waals surface area contributed by atoms with Gasteiger partial charge in [-0.2, -0.15) is 0 Å². The van der Waals surface area contributed by atoms with E-state index < -0.39 is 0 Å². The van der Waals surface area contributed by atoms with Crippen molar-refractivity contribution < 1.29 is 0 Å². The van der Waals surface area contributed by atoms with Crippen LogP contribution in [-0.2, 0) is 0 Å². The summed E-state index contributed by atoms with van der Waals surface area (Å²) in [6.07, 6.45) is 5.72. The summed E-state index contributed by atoms with van der Waals surface area (Å²) < 4.78 is 0. The molecule has 13 heavy (non-hydrogen) atoms. The summed E-state index contributed by atoms with van der Waals surface area (Å²) in [4.78, 5) is 0. The number of rotatable bonds is 6. The Kier molecular flexibility index (Phi) is 6.78. The normalized spacial score (nSPS) is 12.9. The van der Waals surface area contributed by atoms with E-state index in [9.17, 15) is 0 Å². The minimum atomic E-state index is 0.280. The second-order valence-electron chi connectivity index (χ2n) is 4.68. The van der Waals surface area contributed by atoms with Gasteiger partial charge in [0.15, 0.2) is 0 Å². The van der Waals surface area contributed by atoms with Crippen molar-refractivity contribution in [3.05, 3.63) is 0 Å². The molecule has 0 spiro atoms. The summed E-state index contributed by atoms with van der Waals surface area (Å²) in [5.74, 6) is 0. The topological polar surface area (TPSA) is 0 Å². The molecule has 0 bridgehead atoms. The lowest BCUT2D eigenvalue weighted by Gasteiger charge is -2.35. The molecule has 0 saturated heterocycles. The van der Waals surface area contributed by atoms with Crippen LogP contribution in [0.3, 0.4) is 0 Å². The first-order chi connectivity index (χ1) is 5.95. The smallest absolute Gasteiger partial charge is 0.0225 e. The molecule has 0 rings (SSSR count). The predicted molar refractivity (Wildman–Crippen MR) is 70.3 cm³/mol. The van der Waals surface area contributed by atoms with Crippen molar-refractivity contribution >= 4 is 15.8 Å². The zero-order valence-electron chi connectivity index (χ0n) is 10.2. The third-order valence-corrected chi connectivity index (χ3v) is 5.41. The lowest BCUT2D eigenvalue weighted by Crippen LogP contribution is -2.26. The maximum Gasteiger partial charge on any atom is -0.0225 e. The predicted octanol–water partition coefficient (Wildman–Crippen LogP) is 4.28. The standard InChI is InChI=1S/C11H26P2/c1-7-11(8-2,9-12(3)4)10-13(5)6/h7-10H2,1-6H3. The molecule has 0 amide bonds. The quantitative estimate of drug-likeness (QED) is 0.586. The van der Waals surface area contributed by atoms with E-state index in [0.29, 0.717) is 5.41 Å². The molecule has 0 aromatic carbocycles. The Morgan fingerprint density at radius 2 is 1.08 bits per heavy atom. The largest absolute Gasteiger partial charge is 0.113 e. The Balaban J connectivity index is 4.30. The summed E-state index contributed by atoms with van der Waals surface area (Å²) in [5, 5.41) is 0. The van der Waals surface area contributed by atoms with E-state index in [0.717, 1.165) is 0 Å². The molecule has 0 aromatic heterocycles. The highest BCUT2D eigenvalue weighted by molar-refractivity contribution is 7.57. The zero-order chi connectivity index (χ0) is 10.5. The van der Waals surface area contributed by atoms with Crippen LogP contribution in [0.2, 0.25) is 0 Å². The molecule has 0 unspecified atom stereocenters. The van der Waals surface area contributed by atoms with E-state index in [1.165, 1.54) is 25.2 Å². The van der Waals surface area contributed by atoms with Gasteiger partial charge in [-0.15, -0.1) is 15.8 Å². The summed E-state index contributed by atoms with van der Waals surface area (Å²) in [6.45, 7) is 14.4. The van der Waals surface area contributed by atoms with Gasteiger partial charge in [0.1, 0.15) is 0 Å². The molecule has 0 saturated carbocycles. The third kappa shape index (κ3) is 5.34. The van der Waals surface area contributed by atoms with Gasteiger partial charge >= 0.3 is 0 Å². The molecule has 0 aliphatic carbocycles. The van der Waals surface area contributed by atoms with Crippen LogP contribution in [-0.4, -0.2) is 39.0 Å². The molecule has 0 heterocycles. The van der Waals surface area contributed by atoms with Crippen LogP contribution in [0.25, 0.3) is 0 Å². The maximum absolute atomic E-state index is 2.42. The van der Waals surface area contributed by atoms with Crippen molar-refractivity contribution in [3.63, 3.8) is 0 Å². The fraction of sp³-hybridized carbons (Fsp3) is 1.00. The van der Waals surface area contributed by atoms with E-state index in [2.05, 4.69) is 40.5 Å². The third-order valence-electron chi connectivity index (χ3n) is 2.80. The molecule has 0 fully saturated rings. The van der Waals surface area contributed by atoms with E-state index in [1.54, 1.807) is 0 Å². The van der Waals surface area contributed by atoms with Crippen LogP contribution < -0.4 is 0 Å². The molecule has 0 radical (unpaired) electrons. The average molecular weight is 220 g/mol. The van der Waals surface area contributed by atoms with Gasteiger partial charge in [-0.3, -0.25) is 0 Å². The number of hydrogen-bond donors (Lipinski definition) is 0. The van der Waals surface area contributed by atoms with Crippen LogP contribution in [0.5, 0.6) is 0 Å². The Morgan fingerprint density at radius 1 is 0.769 bits per heavy atom. The minimum Gasteiger partial charge on any atom is -0.113 e. The van der Waals surface area contributed by atoms with E-state index in [-0.39, 0.29) is 15.8 Å². The first kappa shape index (κ1) is 13.9. The van der Waals surface area contributed by atoms with Gasteiger partial charge < -0.3 is 0 Å². The fourth-order valence-electron chi connectivity index (χ4n) is 2.09. The molecule has 0 N–H and O–H groups in total. The van der Waals surface area contributed by atoms with Crippen molar-refractivity contribution in [3.8, 4) is 0 Å². The highest BCUT2D eigenvalue weighted by Crippen LogP contribution is 2.46. The maximum atomic E-state index is 2.42. The van der Waals surface area contributed by atoms with Crippen LogP contribution in [0.4, 0.5) is 0 Å². The molecule has 80 valence electrons. The minimum absolute atomic E-state index is 0.280. The van der Waals surface area contributed by atoms with Gasteiger partial charge in [0.05, 0.1) is 0 Å². The van der Waals surface area contributed by atoms with Gasteiger partial charge in [-0.05, 0) is 57.2 Å². The summed E-state index contributed by atoms with van der Waals surface area (Å²) in [6, 6.07) is 0. The second kappa shape index (κ2) is 6.36. The van der Waals surface area contributed by atoms with Gasteiger partial charge in [-0.25, -0.2) is 0 Å². The van der Waals surface area contributed by atoms with Crippen LogP contribution in [0.15, 0.2) is 0 Å². The van der Waals surface area contributed by atoms with Crippen molar-refractivity contribution in [1.29, 1.82) is 0 Å². The van der Waals surface area contributed by atoms with E-state index in [1.807, 2.05) is 0 Å². The molecular formula is C11H26P2. The summed E-state index contributed by atoms with van der Waals surface area (Å²) in [5.41, 5.74) is 0.685. The van der Waals surface area contributed by atoms with Crippen molar-refractivity contribution in [2.24, 2.45) is 5.41 Å². The molecule has 0 aromatic rings. The van der Waals surface area contributed by atoms with E-state index >= 15 is 0 Å². The lowest BCUT2D eigenvalue weighted by atomic mass is 9.87. The molecular weight excluding hydrogens is 194 g/mol. The van der Waals surface area contributed by atoms with Gasteiger partial charge in [0.25, 0.3) is 0 Å². The Bertz CT molecular complexity index is 114. The monoisotopic (exact) mass is 220 g/mol. The Hall–Kier alpha value is 0.860. The molecule has 0 nitrogen and oxygen atoms in total. The SMILES string of the molecule is CCC(CC)(CP(C)C)CP(C)C. The Morgan fingerprint density at radius 3 is 1.23 bits per heavy atom. The van der Waals surface area contributed by atoms with Crippen LogP contribution in [0.1, 0.15) is 26.7 Å². The van der Waals surface area contributed by atoms with Crippen molar-refractivity contribution in [2.75, 3.05) is 39.0 Å². The fourth-order valence-corrected chi connectivity index (χ4v) is 6.07. The lowest BCUT2D eigenvalue weighted by molar-refractivity contribution is 0.352. The summed E-state index contributed by atoms with van der Waals surface area (Å²) in [7, 11) is 0.559. The first-order valence-corrected chi connectivity index (χ1v) is 10.1. The van der Waals surface area contributed by atoms with Gasteiger partial charge in [-0.1, -0.05) is 13.8 Å². The molecule has 0 aliphatic heterocycles. The van der Waals surface area contributed by atoms with Gasteiger partial charge in [0, 0.05) is 0 Å². The average Bonchev–Trinajstić information content (AvgIpc) is 2.01.